The molecule has 12 rings (SSSR count). The molecule has 0 atom stereocenters. The largest absolute Gasteiger partial charge is 0.308 e. The van der Waals surface area contributed by atoms with Gasteiger partial charge in [0.1, 0.15) is 0 Å². The maximum atomic E-state index is 5.49. The SMILES string of the molecule is c1ccc(-c2nc(-n3c4ccccc4c4cc5c6ccccc6n6c7cc8ccccc8cc7c(c43)c56)c3sc4ccccc4c3n2)cc1. The van der Waals surface area contributed by atoms with Gasteiger partial charge >= 0.3 is 0 Å². The lowest BCUT2D eigenvalue weighted by atomic mass is 10.0. The number of thiophene rings is 1. The highest BCUT2D eigenvalue weighted by Gasteiger charge is 2.26. The Kier molecular flexibility index (Phi) is 4.83. The molecule has 12 aromatic rings. The van der Waals surface area contributed by atoms with Crippen molar-refractivity contribution in [3.63, 3.8) is 0 Å². The van der Waals surface area contributed by atoms with Crippen molar-refractivity contribution in [2.45, 2.75) is 0 Å². The van der Waals surface area contributed by atoms with Crippen LogP contribution in [0.25, 0.3) is 108 Å². The first-order valence-electron chi connectivity index (χ1n) is 16.6. The number of hydrogen-bond acceptors (Lipinski definition) is 3. The molecule has 0 spiro atoms. The van der Waals surface area contributed by atoms with E-state index < -0.39 is 0 Å². The second-order valence-electron chi connectivity index (χ2n) is 13.0. The summed E-state index contributed by atoms with van der Waals surface area (Å²) < 4.78 is 7.24. The van der Waals surface area contributed by atoms with Crippen LogP contribution in [0.1, 0.15) is 0 Å². The molecule has 0 amide bonds. The highest BCUT2D eigenvalue weighted by atomic mass is 32.1. The maximum Gasteiger partial charge on any atom is 0.162 e. The van der Waals surface area contributed by atoms with Crippen LogP contribution in [-0.2, 0) is 0 Å². The molecule has 0 bridgehead atoms. The third-order valence-corrected chi connectivity index (χ3v) is 11.6. The van der Waals surface area contributed by atoms with Gasteiger partial charge in [0, 0.05) is 48.0 Å². The summed E-state index contributed by atoms with van der Waals surface area (Å²) in [7, 11) is 0. The Morgan fingerprint density at radius 3 is 1.96 bits per heavy atom. The van der Waals surface area contributed by atoms with Crippen molar-refractivity contribution >= 4 is 102 Å². The van der Waals surface area contributed by atoms with Crippen molar-refractivity contribution in [1.82, 2.24) is 18.9 Å². The van der Waals surface area contributed by atoms with Crippen LogP contribution >= 0.6 is 11.3 Å². The lowest BCUT2D eigenvalue weighted by Crippen LogP contribution is -2.01. The van der Waals surface area contributed by atoms with Gasteiger partial charge in [-0.15, -0.1) is 11.3 Å². The zero-order valence-corrected chi connectivity index (χ0v) is 26.9. The summed E-state index contributed by atoms with van der Waals surface area (Å²) in [6, 6.07) is 52.6. The Morgan fingerprint density at radius 2 is 1.12 bits per heavy atom. The van der Waals surface area contributed by atoms with Gasteiger partial charge in [-0.3, -0.25) is 4.57 Å². The van der Waals surface area contributed by atoms with Gasteiger partial charge in [0.05, 0.1) is 37.8 Å². The van der Waals surface area contributed by atoms with E-state index in [9.17, 15) is 0 Å². The average Bonchev–Trinajstić information content (AvgIpc) is 3.89. The number of fused-ring (bicyclic) bond motifs is 14. The monoisotopic (exact) mass is 640 g/mol. The molecule has 0 radical (unpaired) electrons. The summed E-state index contributed by atoms with van der Waals surface area (Å²) in [6.07, 6.45) is 0. The predicted molar refractivity (Wildman–Crippen MR) is 207 cm³/mol. The molecule has 4 nitrogen and oxygen atoms in total. The van der Waals surface area contributed by atoms with Gasteiger partial charge in [-0.25, -0.2) is 9.97 Å². The molecule has 0 fully saturated rings. The summed E-state index contributed by atoms with van der Waals surface area (Å²) in [5.74, 6) is 1.65. The number of aromatic nitrogens is 4. The Labute approximate surface area is 283 Å². The average molecular weight is 641 g/mol. The molecule has 5 aromatic heterocycles. The minimum Gasteiger partial charge on any atom is -0.308 e. The van der Waals surface area contributed by atoms with Crippen LogP contribution in [0.3, 0.4) is 0 Å². The second kappa shape index (κ2) is 9.19. The lowest BCUT2D eigenvalue weighted by Gasteiger charge is -2.12. The molecular weight excluding hydrogens is 617 g/mol. The number of benzene rings is 7. The standard InChI is InChI=1S/C44H24N4S/c1-2-12-25(13-3-1)43-45-39-30-18-8-11-21-37(30)49-42(39)44(46-43)48-35-20-10-7-17-29(35)32-24-31-28-16-6-9-19-34(28)47-36-23-27-15-5-4-14-26(27)22-33(36)38(40(31)47)41(32)48/h1-24H. The molecule has 0 unspecified atom stereocenters. The zero-order valence-electron chi connectivity index (χ0n) is 26.1. The third kappa shape index (κ3) is 3.27. The molecule has 0 aliphatic carbocycles. The van der Waals surface area contributed by atoms with Gasteiger partial charge in [-0.05, 0) is 47.2 Å². The quantitative estimate of drug-likeness (QED) is 0.188. The van der Waals surface area contributed by atoms with Crippen LogP contribution in [0, 0.1) is 0 Å². The van der Waals surface area contributed by atoms with Crippen molar-refractivity contribution in [3.8, 4) is 17.2 Å². The van der Waals surface area contributed by atoms with Gasteiger partial charge in [-0.2, -0.15) is 0 Å². The topological polar surface area (TPSA) is 35.1 Å². The first-order chi connectivity index (χ1) is 24.3. The number of para-hydroxylation sites is 2. The second-order valence-corrected chi connectivity index (χ2v) is 14.0. The van der Waals surface area contributed by atoms with E-state index in [2.05, 4.69) is 148 Å². The van der Waals surface area contributed by atoms with Crippen LogP contribution in [-0.4, -0.2) is 18.9 Å². The summed E-state index contributed by atoms with van der Waals surface area (Å²) in [6.45, 7) is 0. The molecule has 0 aliphatic heterocycles. The van der Waals surface area contributed by atoms with E-state index in [1.165, 1.54) is 69.9 Å². The molecule has 7 aromatic carbocycles. The smallest absolute Gasteiger partial charge is 0.162 e. The van der Waals surface area contributed by atoms with Crippen molar-refractivity contribution in [2.24, 2.45) is 0 Å². The minimum atomic E-state index is 0.732. The van der Waals surface area contributed by atoms with Gasteiger partial charge in [0.25, 0.3) is 0 Å². The number of rotatable bonds is 2. The highest BCUT2D eigenvalue weighted by molar-refractivity contribution is 7.26. The van der Waals surface area contributed by atoms with Gasteiger partial charge in [0.2, 0.25) is 0 Å². The van der Waals surface area contributed by atoms with E-state index in [-0.39, 0.29) is 0 Å². The van der Waals surface area contributed by atoms with Crippen LogP contribution < -0.4 is 0 Å². The Bertz CT molecular complexity index is 3330. The fourth-order valence-corrected chi connectivity index (χ4v) is 9.48. The zero-order chi connectivity index (χ0) is 31.8. The van der Waals surface area contributed by atoms with Crippen LogP contribution in [0.5, 0.6) is 0 Å². The Hall–Kier alpha value is -6.30. The normalized spacial score (nSPS) is 12.5. The molecule has 49 heavy (non-hydrogen) atoms. The number of hydrogen-bond donors (Lipinski definition) is 0. The number of nitrogens with zero attached hydrogens (tertiary/aromatic N) is 4. The molecule has 226 valence electrons. The van der Waals surface area contributed by atoms with E-state index in [1.807, 2.05) is 6.07 Å². The maximum absolute atomic E-state index is 5.49. The summed E-state index contributed by atoms with van der Waals surface area (Å²) >= 11 is 1.78. The van der Waals surface area contributed by atoms with E-state index >= 15 is 0 Å². The van der Waals surface area contributed by atoms with E-state index in [1.54, 1.807) is 11.3 Å². The van der Waals surface area contributed by atoms with Crippen LogP contribution in [0.2, 0.25) is 0 Å². The van der Waals surface area contributed by atoms with Crippen molar-refractivity contribution in [1.29, 1.82) is 0 Å². The third-order valence-electron chi connectivity index (χ3n) is 10.4. The fourth-order valence-electron chi connectivity index (χ4n) is 8.35. The first-order valence-corrected chi connectivity index (χ1v) is 17.4. The van der Waals surface area contributed by atoms with Crippen molar-refractivity contribution in [3.05, 3.63) is 146 Å². The van der Waals surface area contributed by atoms with E-state index in [0.717, 1.165) is 38.3 Å². The molecule has 0 saturated carbocycles. The molecule has 0 aliphatic rings. The summed E-state index contributed by atoms with van der Waals surface area (Å²) in [5.41, 5.74) is 8.04. The van der Waals surface area contributed by atoms with Crippen molar-refractivity contribution in [2.75, 3.05) is 0 Å². The van der Waals surface area contributed by atoms with E-state index in [4.69, 9.17) is 9.97 Å². The molecule has 5 heterocycles. The molecule has 0 N–H and O–H groups in total. The van der Waals surface area contributed by atoms with Crippen LogP contribution in [0.15, 0.2) is 146 Å². The molecule has 0 saturated heterocycles. The molecule has 5 heteroatoms. The van der Waals surface area contributed by atoms with E-state index in [0.29, 0.717) is 0 Å². The highest BCUT2D eigenvalue weighted by Crippen LogP contribution is 2.48. The van der Waals surface area contributed by atoms with Crippen molar-refractivity contribution < 1.29 is 0 Å². The van der Waals surface area contributed by atoms with Crippen LogP contribution in [0.4, 0.5) is 0 Å². The summed E-state index contributed by atoms with van der Waals surface area (Å²) in [5, 5.41) is 11.2. The van der Waals surface area contributed by atoms with Gasteiger partial charge in [-0.1, -0.05) is 109 Å². The van der Waals surface area contributed by atoms with Gasteiger partial charge in [0.15, 0.2) is 11.6 Å². The summed E-state index contributed by atoms with van der Waals surface area (Å²) in [4.78, 5) is 10.7. The fraction of sp³-hybridized carbons (Fsp3) is 0. The molecular formula is C44H24N4S. The lowest BCUT2D eigenvalue weighted by molar-refractivity contribution is 1.08. The first kappa shape index (κ1) is 25.7. The van der Waals surface area contributed by atoms with Gasteiger partial charge < -0.3 is 4.40 Å². The Morgan fingerprint density at radius 1 is 0.469 bits per heavy atom. The minimum absolute atomic E-state index is 0.732. The predicted octanol–water partition coefficient (Wildman–Crippen LogP) is 11.9. The Balaban J connectivity index is 1.37.